The van der Waals surface area contributed by atoms with Crippen LogP contribution in [0.1, 0.15) is 41.0 Å². The predicted molar refractivity (Wildman–Crippen MR) is 49.1 cm³/mol. The molecule has 0 heterocycles. The van der Waals surface area contributed by atoms with Crippen molar-refractivity contribution >= 4 is 5.91 Å². The van der Waals surface area contributed by atoms with Crippen LogP contribution < -0.4 is 0 Å². The first-order valence-corrected chi connectivity index (χ1v) is 4.36. The SMILES string of the molecule is CCC(C)(C)N=NC(=O)C(C)C. The molecule has 0 aliphatic rings. The summed E-state index contributed by atoms with van der Waals surface area (Å²) in [7, 11) is 0. The quantitative estimate of drug-likeness (QED) is 0.600. The lowest BCUT2D eigenvalue weighted by Crippen LogP contribution is -2.15. The maximum atomic E-state index is 11.0. The molecule has 1 amide bonds. The molecule has 0 radical (unpaired) electrons. The third kappa shape index (κ3) is 4.21. The zero-order chi connectivity index (χ0) is 9.78. The van der Waals surface area contributed by atoms with Gasteiger partial charge in [0, 0.05) is 5.92 Å². The fourth-order valence-corrected chi connectivity index (χ4v) is 0.371. The molecular weight excluding hydrogens is 152 g/mol. The van der Waals surface area contributed by atoms with Crippen LogP contribution in [-0.4, -0.2) is 11.4 Å². The van der Waals surface area contributed by atoms with Gasteiger partial charge in [-0.15, -0.1) is 5.11 Å². The summed E-state index contributed by atoms with van der Waals surface area (Å²) in [5.41, 5.74) is -0.204. The number of hydrogen-bond acceptors (Lipinski definition) is 2. The first-order valence-electron chi connectivity index (χ1n) is 4.36. The summed E-state index contributed by atoms with van der Waals surface area (Å²) in [6.45, 7) is 9.59. The van der Waals surface area contributed by atoms with Gasteiger partial charge in [0.15, 0.2) is 0 Å². The van der Waals surface area contributed by atoms with E-state index in [0.29, 0.717) is 0 Å². The van der Waals surface area contributed by atoms with Crippen molar-refractivity contribution in [2.75, 3.05) is 0 Å². The van der Waals surface area contributed by atoms with E-state index >= 15 is 0 Å². The first-order chi connectivity index (χ1) is 5.39. The summed E-state index contributed by atoms with van der Waals surface area (Å²) in [4.78, 5) is 11.0. The van der Waals surface area contributed by atoms with Crippen molar-refractivity contribution in [2.24, 2.45) is 16.1 Å². The monoisotopic (exact) mass is 170 g/mol. The molecular formula is C9H18N2O. The molecule has 0 aromatic carbocycles. The number of carbonyl (C=O) groups excluding carboxylic acids is 1. The van der Waals surface area contributed by atoms with Gasteiger partial charge in [-0.25, -0.2) is 0 Å². The second-order valence-corrected chi connectivity index (χ2v) is 3.86. The van der Waals surface area contributed by atoms with Crippen molar-refractivity contribution < 1.29 is 4.79 Å². The maximum Gasteiger partial charge on any atom is 0.266 e. The van der Waals surface area contributed by atoms with Gasteiger partial charge in [-0.05, 0) is 20.3 Å². The van der Waals surface area contributed by atoms with E-state index in [2.05, 4.69) is 10.2 Å². The van der Waals surface area contributed by atoms with Crippen LogP contribution >= 0.6 is 0 Å². The Balaban J connectivity index is 4.15. The van der Waals surface area contributed by atoms with E-state index in [9.17, 15) is 4.79 Å². The Morgan fingerprint density at radius 1 is 1.42 bits per heavy atom. The second kappa shape index (κ2) is 4.33. The summed E-state index contributed by atoms with van der Waals surface area (Å²) < 4.78 is 0. The number of nitrogens with zero attached hydrogens (tertiary/aromatic N) is 2. The van der Waals surface area contributed by atoms with Gasteiger partial charge in [0.1, 0.15) is 0 Å². The molecule has 3 heteroatoms. The third-order valence-corrected chi connectivity index (χ3v) is 1.78. The number of rotatable bonds is 3. The van der Waals surface area contributed by atoms with E-state index in [1.807, 2.05) is 34.6 Å². The fraction of sp³-hybridized carbons (Fsp3) is 0.889. The van der Waals surface area contributed by atoms with Crippen molar-refractivity contribution in [3.8, 4) is 0 Å². The van der Waals surface area contributed by atoms with E-state index in [4.69, 9.17) is 0 Å². The van der Waals surface area contributed by atoms with Gasteiger partial charge in [0.2, 0.25) is 0 Å². The van der Waals surface area contributed by atoms with E-state index in [1.165, 1.54) is 0 Å². The Morgan fingerprint density at radius 3 is 2.25 bits per heavy atom. The zero-order valence-electron chi connectivity index (χ0n) is 8.59. The minimum atomic E-state index is -0.204. The van der Waals surface area contributed by atoms with Crippen LogP contribution in [0.4, 0.5) is 0 Å². The molecule has 0 N–H and O–H groups in total. The minimum Gasteiger partial charge on any atom is -0.271 e. The Labute approximate surface area is 74.3 Å². The average Bonchev–Trinajstić information content (AvgIpc) is 2.00. The molecule has 0 rings (SSSR count). The summed E-state index contributed by atoms with van der Waals surface area (Å²) in [6, 6.07) is 0. The Bertz CT molecular complexity index is 183. The third-order valence-electron chi connectivity index (χ3n) is 1.78. The van der Waals surface area contributed by atoms with E-state index in [0.717, 1.165) is 6.42 Å². The molecule has 0 unspecified atom stereocenters. The summed E-state index contributed by atoms with van der Waals surface area (Å²) in [6.07, 6.45) is 0.891. The lowest BCUT2D eigenvalue weighted by molar-refractivity contribution is -0.121. The van der Waals surface area contributed by atoms with Crippen molar-refractivity contribution in [1.82, 2.24) is 0 Å². The van der Waals surface area contributed by atoms with Gasteiger partial charge in [0.05, 0.1) is 5.54 Å². The van der Waals surface area contributed by atoms with Crippen LogP contribution in [0, 0.1) is 5.92 Å². The first kappa shape index (κ1) is 11.3. The zero-order valence-corrected chi connectivity index (χ0v) is 8.59. The molecule has 0 aliphatic carbocycles. The highest BCUT2D eigenvalue weighted by atomic mass is 16.1. The largest absolute Gasteiger partial charge is 0.271 e. The molecule has 0 aromatic heterocycles. The summed E-state index contributed by atoms with van der Waals surface area (Å²) in [5.74, 6) is -0.196. The van der Waals surface area contributed by atoms with Crippen LogP contribution in [0.15, 0.2) is 10.2 Å². The highest BCUT2D eigenvalue weighted by molar-refractivity contribution is 5.78. The Hall–Kier alpha value is -0.730. The van der Waals surface area contributed by atoms with E-state index < -0.39 is 0 Å². The number of azo groups is 1. The van der Waals surface area contributed by atoms with Gasteiger partial charge in [-0.2, -0.15) is 5.11 Å². The van der Waals surface area contributed by atoms with Crippen LogP contribution in [-0.2, 0) is 4.79 Å². The van der Waals surface area contributed by atoms with E-state index in [-0.39, 0.29) is 17.4 Å². The molecule has 0 bridgehead atoms. The normalized spacial score (nSPS) is 12.8. The second-order valence-electron chi connectivity index (χ2n) is 3.86. The van der Waals surface area contributed by atoms with Crippen molar-refractivity contribution in [1.29, 1.82) is 0 Å². The molecule has 0 saturated carbocycles. The van der Waals surface area contributed by atoms with Gasteiger partial charge < -0.3 is 0 Å². The van der Waals surface area contributed by atoms with Crippen molar-refractivity contribution in [2.45, 2.75) is 46.6 Å². The highest BCUT2D eigenvalue weighted by Crippen LogP contribution is 2.14. The lowest BCUT2D eigenvalue weighted by Gasteiger charge is -2.13. The van der Waals surface area contributed by atoms with Gasteiger partial charge in [-0.3, -0.25) is 4.79 Å². The van der Waals surface area contributed by atoms with Crippen molar-refractivity contribution in [3.63, 3.8) is 0 Å². The predicted octanol–water partition coefficient (Wildman–Crippen LogP) is 2.81. The topological polar surface area (TPSA) is 41.8 Å². The molecule has 0 aliphatic heterocycles. The van der Waals surface area contributed by atoms with E-state index in [1.54, 1.807) is 0 Å². The van der Waals surface area contributed by atoms with Gasteiger partial charge >= 0.3 is 0 Å². The Kier molecular flexibility index (Phi) is 4.07. The highest BCUT2D eigenvalue weighted by Gasteiger charge is 2.14. The molecule has 70 valence electrons. The van der Waals surface area contributed by atoms with Crippen LogP contribution in [0.5, 0.6) is 0 Å². The smallest absolute Gasteiger partial charge is 0.266 e. The van der Waals surface area contributed by atoms with Crippen LogP contribution in [0.2, 0.25) is 0 Å². The molecule has 0 fully saturated rings. The standard InChI is InChI=1S/C9H18N2O/c1-6-9(4,5)11-10-8(12)7(2)3/h7H,6H2,1-5H3. The summed E-state index contributed by atoms with van der Waals surface area (Å²) in [5, 5.41) is 7.62. The maximum absolute atomic E-state index is 11.0. The van der Waals surface area contributed by atoms with Gasteiger partial charge in [-0.1, -0.05) is 20.8 Å². The molecule has 3 nitrogen and oxygen atoms in total. The molecule has 0 aromatic rings. The number of carbonyl (C=O) groups is 1. The van der Waals surface area contributed by atoms with Crippen LogP contribution in [0.25, 0.3) is 0 Å². The Morgan fingerprint density at radius 2 is 1.92 bits per heavy atom. The molecule has 0 atom stereocenters. The molecule has 12 heavy (non-hydrogen) atoms. The molecule has 0 saturated heterocycles. The summed E-state index contributed by atoms with van der Waals surface area (Å²) >= 11 is 0. The average molecular weight is 170 g/mol. The van der Waals surface area contributed by atoms with Gasteiger partial charge in [0.25, 0.3) is 5.91 Å². The fourth-order valence-electron chi connectivity index (χ4n) is 0.371. The minimum absolute atomic E-state index is 0.0543. The molecule has 0 spiro atoms. The number of amides is 1. The number of hydrogen-bond donors (Lipinski definition) is 0. The van der Waals surface area contributed by atoms with Crippen molar-refractivity contribution in [3.05, 3.63) is 0 Å². The van der Waals surface area contributed by atoms with Crippen LogP contribution in [0.3, 0.4) is 0 Å². The lowest BCUT2D eigenvalue weighted by atomic mass is 10.0.